The molecular weight excluding hydrogens is 196 g/mol. The van der Waals surface area contributed by atoms with E-state index in [1.165, 1.54) is 12.3 Å². The summed E-state index contributed by atoms with van der Waals surface area (Å²) in [6.07, 6.45) is -0.186. The van der Waals surface area contributed by atoms with Gasteiger partial charge in [-0.05, 0) is 32.1 Å². The van der Waals surface area contributed by atoms with Crippen LogP contribution in [0.25, 0.3) is 0 Å². The van der Waals surface area contributed by atoms with Gasteiger partial charge in [0.15, 0.2) is 0 Å². The van der Waals surface area contributed by atoms with Crippen molar-refractivity contribution in [3.05, 3.63) is 34.2 Å². The summed E-state index contributed by atoms with van der Waals surface area (Å²) < 4.78 is 0. The van der Waals surface area contributed by atoms with Gasteiger partial charge in [-0.2, -0.15) is 0 Å². The summed E-state index contributed by atoms with van der Waals surface area (Å²) in [5, 5.41) is 22.1. The Kier molecular flexibility index (Phi) is 4.48. The van der Waals surface area contributed by atoms with E-state index in [2.05, 4.69) is 10.3 Å². The number of aliphatic hydroxyl groups is 2. The molecule has 4 N–H and O–H groups in total. The third kappa shape index (κ3) is 3.16. The molecular formula is C10H16N2O3. The average Bonchev–Trinajstić information content (AvgIpc) is 2.25. The van der Waals surface area contributed by atoms with Gasteiger partial charge in [-0.1, -0.05) is 0 Å². The van der Waals surface area contributed by atoms with Crippen molar-refractivity contribution in [1.29, 1.82) is 0 Å². The molecule has 0 bridgehead atoms. The van der Waals surface area contributed by atoms with Crippen LogP contribution >= 0.6 is 0 Å². The molecule has 2 atom stereocenters. The van der Waals surface area contributed by atoms with Crippen LogP contribution in [0.2, 0.25) is 0 Å². The van der Waals surface area contributed by atoms with Crippen LogP contribution in [0.3, 0.4) is 0 Å². The summed E-state index contributed by atoms with van der Waals surface area (Å²) in [6, 6.07) is 3.12. The Morgan fingerprint density at radius 3 is 2.87 bits per heavy atom. The number of pyridine rings is 1. The van der Waals surface area contributed by atoms with Crippen LogP contribution in [0, 0.1) is 0 Å². The van der Waals surface area contributed by atoms with Gasteiger partial charge in [0, 0.05) is 11.8 Å². The minimum Gasteiger partial charge on any atom is -0.390 e. The maximum Gasteiger partial charge on any atom is 0.253 e. The molecule has 0 radical (unpaired) electrons. The molecule has 1 aromatic heterocycles. The zero-order valence-corrected chi connectivity index (χ0v) is 8.60. The largest absolute Gasteiger partial charge is 0.390 e. The van der Waals surface area contributed by atoms with E-state index in [9.17, 15) is 15.0 Å². The standard InChI is InChI=1S/C10H16N2O3/c1-11-6-4-8(13)9(14)7-3-2-5-12-10(7)15/h2-3,5,8-9,11,13-14H,4,6H2,1H3,(H,12,15). The SMILES string of the molecule is CNCCC(O)C(O)c1ccc[nH]c1=O. The number of hydrogen-bond donors (Lipinski definition) is 4. The van der Waals surface area contributed by atoms with Crippen molar-refractivity contribution in [2.24, 2.45) is 0 Å². The van der Waals surface area contributed by atoms with Crippen molar-refractivity contribution in [3.8, 4) is 0 Å². The second kappa shape index (κ2) is 5.65. The average molecular weight is 212 g/mol. The van der Waals surface area contributed by atoms with Crippen LogP contribution in [0.5, 0.6) is 0 Å². The van der Waals surface area contributed by atoms with Crippen molar-refractivity contribution in [2.45, 2.75) is 18.6 Å². The van der Waals surface area contributed by atoms with E-state index in [0.29, 0.717) is 13.0 Å². The number of H-pyrrole nitrogens is 1. The van der Waals surface area contributed by atoms with E-state index in [4.69, 9.17) is 0 Å². The number of hydrogen-bond acceptors (Lipinski definition) is 4. The molecule has 0 aromatic carbocycles. The molecule has 1 rings (SSSR count). The van der Waals surface area contributed by atoms with Crippen LogP contribution in [-0.2, 0) is 0 Å². The summed E-state index contributed by atoms with van der Waals surface area (Å²) in [5.74, 6) is 0. The summed E-state index contributed by atoms with van der Waals surface area (Å²) in [5.41, 5.74) is -0.172. The monoisotopic (exact) mass is 212 g/mol. The van der Waals surface area contributed by atoms with E-state index < -0.39 is 12.2 Å². The van der Waals surface area contributed by atoms with Crippen molar-refractivity contribution >= 4 is 0 Å². The van der Waals surface area contributed by atoms with Gasteiger partial charge in [0.25, 0.3) is 5.56 Å². The van der Waals surface area contributed by atoms with Crippen molar-refractivity contribution < 1.29 is 10.2 Å². The molecule has 0 aliphatic carbocycles. The smallest absolute Gasteiger partial charge is 0.253 e. The molecule has 2 unspecified atom stereocenters. The number of aromatic amines is 1. The molecule has 84 valence electrons. The fraction of sp³-hybridized carbons (Fsp3) is 0.500. The highest BCUT2D eigenvalue weighted by atomic mass is 16.3. The van der Waals surface area contributed by atoms with Gasteiger partial charge in [-0.3, -0.25) is 4.79 Å². The summed E-state index contributed by atoms with van der Waals surface area (Å²) in [6.45, 7) is 0.586. The molecule has 1 heterocycles. The lowest BCUT2D eigenvalue weighted by Gasteiger charge is -2.16. The topological polar surface area (TPSA) is 85.3 Å². The molecule has 15 heavy (non-hydrogen) atoms. The molecule has 5 nitrogen and oxygen atoms in total. The predicted molar refractivity (Wildman–Crippen MR) is 56.6 cm³/mol. The number of rotatable bonds is 5. The maximum absolute atomic E-state index is 11.3. The molecule has 1 aromatic rings. The first-order valence-electron chi connectivity index (χ1n) is 4.85. The normalized spacial score (nSPS) is 14.9. The Balaban J connectivity index is 2.71. The number of nitrogens with one attached hydrogen (secondary N) is 2. The van der Waals surface area contributed by atoms with Crippen LogP contribution in [0.4, 0.5) is 0 Å². The molecule has 0 fully saturated rings. The Hall–Kier alpha value is -1.17. The van der Waals surface area contributed by atoms with E-state index in [1.807, 2.05) is 0 Å². The third-order valence-corrected chi connectivity index (χ3v) is 2.22. The first kappa shape index (κ1) is 11.9. The molecule has 0 aliphatic rings. The highest BCUT2D eigenvalue weighted by Crippen LogP contribution is 2.14. The quantitative estimate of drug-likeness (QED) is 0.524. The molecule has 0 saturated heterocycles. The van der Waals surface area contributed by atoms with Gasteiger partial charge >= 0.3 is 0 Å². The highest BCUT2D eigenvalue weighted by Gasteiger charge is 2.19. The highest BCUT2D eigenvalue weighted by molar-refractivity contribution is 5.13. The first-order valence-corrected chi connectivity index (χ1v) is 4.85. The van der Waals surface area contributed by atoms with E-state index in [-0.39, 0.29) is 11.1 Å². The zero-order chi connectivity index (χ0) is 11.3. The van der Waals surface area contributed by atoms with Crippen molar-refractivity contribution in [2.75, 3.05) is 13.6 Å². The fourth-order valence-electron chi connectivity index (χ4n) is 1.32. The second-order valence-corrected chi connectivity index (χ2v) is 3.36. The molecule has 5 heteroatoms. The van der Waals surface area contributed by atoms with Gasteiger partial charge in [0.05, 0.1) is 6.10 Å². The molecule has 0 spiro atoms. The first-order chi connectivity index (χ1) is 7.16. The Labute approximate surface area is 87.8 Å². The summed E-state index contributed by atoms with van der Waals surface area (Å²) in [4.78, 5) is 13.7. The predicted octanol–water partition coefficient (Wildman–Crippen LogP) is -0.621. The van der Waals surface area contributed by atoms with Crippen molar-refractivity contribution in [3.63, 3.8) is 0 Å². The minimum absolute atomic E-state index is 0.195. The fourth-order valence-corrected chi connectivity index (χ4v) is 1.32. The Bertz CT molecular complexity index is 351. The van der Waals surface area contributed by atoms with Gasteiger partial charge < -0.3 is 20.5 Å². The number of aromatic nitrogens is 1. The van der Waals surface area contributed by atoms with Gasteiger partial charge in [-0.25, -0.2) is 0 Å². The van der Waals surface area contributed by atoms with Gasteiger partial charge in [0.2, 0.25) is 0 Å². The van der Waals surface area contributed by atoms with Gasteiger partial charge in [-0.15, -0.1) is 0 Å². The van der Waals surface area contributed by atoms with Gasteiger partial charge in [0.1, 0.15) is 6.10 Å². The zero-order valence-electron chi connectivity index (χ0n) is 8.60. The minimum atomic E-state index is -1.14. The third-order valence-electron chi connectivity index (χ3n) is 2.22. The summed E-state index contributed by atoms with van der Waals surface area (Å²) in [7, 11) is 1.76. The number of aliphatic hydroxyl groups excluding tert-OH is 2. The van der Waals surface area contributed by atoms with E-state index in [1.54, 1.807) is 13.1 Å². The lowest BCUT2D eigenvalue weighted by molar-refractivity contribution is 0.0132. The molecule has 0 saturated carbocycles. The summed E-state index contributed by atoms with van der Waals surface area (Å²) >= 11 is 0. The lowest BCUT2D eigenvalue weighted by Crippen LogP contribution is -2.27. The Morgan fingerprint density at radius 1 is 1.53 bits per heavy atom. The van der Waals surface area contributed by atoms with Crippen LogP contribution in [-0.4, -0.2) is 34.9 Å². The van der Waals surface area contributed by atoms with E-state index >= 15 is 0 Å². The van der Waals surface area contributed by atoms with Crippen LogP contribution in [0.15, 0.2) is 23.1 Å². The second-order valence-electron chi connectivity index (χ2n) is 3.36. The molecule has 0 amide bonds. The Morgan fingerprint density at radius 2 is 2.27 bits per heavy atom. The maximum atomic E-state index is 11.3. The van der Waals surface area contributed by atoms with E-state index in [0.717, 1.165) is 0 Å². The van der Waals surface area contributed by atoms with Crippen LogP contribution < -0.4 is 10.9 Å². The molecule has 0 aliphatic heterocycles. The lowest BCUT2D eigenvalue weighted by atomic mass is 10.0. The van der Waals surface area contributed by atoms with Crippen LogP contribution in [0.1, 0.15) is 18.1 Å². The van der Waals surface area contributed by atoms with Crippen molar-refractivity contribution in [1.82, 2.24) is 10.3 Å².